The number of hydrogen-bond donors (Lipinski definition) is 1. The standard InChI is InChI=1S/C15H25NO4/c1-17-7-2-8-18-9-10-19-12-15-6-5-14(20-15)11-16-13-3-4-13/h5-6,13,16H,2-4,7-12H2,1H3. The molecule has 0 saturated heterocycles. The van der Waals surface area contributed by atoms with Crippen LogP contribution in [0.4, 0.5) is 0 Å². The molecule has 0 amide bonds. The lowest BCUT2D eigenvalue weighted by Crippen LogP contribution is -2.14. The Kier molecular flexibility index (Phi) is 7.08. The van der Waals surface area contributed by atoms with Gasteiger partial charge in [0.15, 0.2) is 0 Å². The van der Waals surface area contributed by atoms with Gasteiger partial charge in [-0.2, -0.15) is 0 Å². The van der Waals surface area contributed by atoms with Gasteiger partial charge in [-0.15, -0.1) is 0 Å². The molecule has 20 heavy (non-hydrogen) atoms. The molecule has 1 aromatic heterocycles. The van der Waals surface area contributed by atoms with Crippen LogP contribution in [-0.4, -0.2) is 39.6 Å². The molecule has 0 spiro atoms. The summed E-state index contributed by atoms with van der Waals surface area (Å²) in [4.78, 5) is 0. The summed E-state index contributed by atoms with van der Waals surface area (Å²) in [6, 6.07) is 4.69. The van der Waals surface area contributed by atoms with E-state index in [1.165, 1.54) is 12.8 Å². The second-order valence-corrected chi connectivity index (χ2v) is 5.03. The Morgan fingerprint density at radius 1 is 1.10 bits per heavy atom. The van der Waals surface area contributed by atoms with Crippen molar-refractivity contribution < 1.29 is 18.6 Å². The van der Waals surface area contributed by atoms with Crippen molar-refractivity contribution in [3.8, 4) is 0 Å². The molecule has 1 aliphatic rings. The molecule has 1 heterocycles. The molecule has 2 rings (SSSR count). The molecule has 0 bridgehead atoms. The summed E-state index contributed by atoms with van der Waals surface area (Å²) >= 11 is 0. The maximum absolute atomic E-state index is 5.68. The van der Waals surface area contributed by atoms with Crippen LogP contribution in [0, 0.1) is 0 Å². The van der Waals surface area contributed by atoms with Crippen LogP contribution in [0.5, 0.6) is 0 Å². The number of furan rings is 1. The number of rotatable bonds is 12. The molecule has 1 saturated carbocycles. The van der Waals surface area contributed by atoms with Crippen LogP contribution in [0.3, 0.4) is 0 Å². The molecule has 114 valence electrons. The highest BCUT2D eigenvalue weighted by molar-refractivity contribution is 5.06. The third-order valence-corrected chi connectivity index (χ3v) is 3.11. The van der Waals surface area contributed by atoms with Crippen molar-refractivity contribution in [3.63, 3.8) is 0 Å². The van der Waals surface area contributed by atoms with Crippen LogP contribution >= 0.6 is 0 Å². The predicted octanol–water partition coefficient (Wildman–Crippen LogP) is 2.10. The normalized spacial score (nSPS) is 14.8. The van der Waals surface area contributed by atoms with E-state index in [0.29, 0.717) is 25.9 Å². The Hall–Kier alpha value is -0.880. The van der Waals surface area contributed by atoms with Gasteiger partial charge < -0.3 is 23.9 Å². The smallest absolute Gasteiger partial charge is 0.129 e. The molecule has 1 aliphatic carbocycles. The van der Waals surface area contributed by atoms with Gasteiger partial charge in [-0.3, -0.25) is 0 Å². The Labute approximate surface area is 120 Å². The summed E-state index contributed by atoms with van der Waals surface area (Å²) in [6.45, 7) is 3.97. The largest absolute Gasteiger partial charge is 0.462 e. The van der Waals surface area contributed by atoms with E-state index in [2.05, 4.69) is 5.32 Å². The molecule has 0 unspecified atom stereocenters. The molecule has 1 N–H and O–H groups in total. The molecule has 5 nitrogen and oxygen atoms in total. The average Bonchev–Trinajstić information content (AvgIpc) is 3.18. The lowest BCUT2D eigenvalue weighted by molar-refractivity contribution is 0.0284. The van der Waals surface area contributed by atoms with Crippen molar-refractivity contribution in [3.05, 3.63) is 23.7 Å². The second-order valence-electron chi connectivity index (χ2n) is 5.03. The summed E-state index contributed by atoms with van der Waals surface area (Å²) in [5.74, 6) is 1.85. The van der Waals surface area contributed by atoms with Crippen molar-refractivity contribution in [2.75, 3.05) is 33.5 Å². The second kappa shape index (κ2) is 9.13. The molecule has 0 aromatic carbocycles. The minimum absolute atomic E-state index is 0.505. The van der Waals surface area contributed by atoms with Crippen LogP contribution in [0.15, 0.2) is 16.5 Å². The van der Waals surface area contributed by atoms with Gasteiger partial charge in [-0.05, 0) is 31.4 Å². The topological polar surface area (TPSA) is 52.9 Å². The molecule has 1 aromatic rings. The molecule has 0 radical (unpaired) electrons. The van der Waals surface area contributed by atoms with E-state index < -0.39 is 0 Å². The zero-order valence-electron chi connectivity index (χ0n) is 12.2. The maximum atomic E-state index is 5.68. The van der Waals surface area contributed by atoms with Gasteiger partial charge in [0.1, 0.15) is 18.1 Å². The minimum atomic E-state index is 0.505. The summed E-state index contributed by atoms with van der Waals surface area (Å²) in [7, 11) is 1.70. The highest BCUT2D eigenvalue weighted by Crippen LogP contribution is 2.19. The van der Waals surface area contributed by atoms with Gasteiger partial charge >= 0.3 is 0 Å². The molecular weight excluding hydrogens is 258 g/mol. The van der Waals surface area contributed by atoms with E-state index in [4.69, 9.17) is 18.6 Å². The van der Waals surface area contributed by atoms with Gasteiger partial charge in [-0.25, -0.2) is 0 Å². The number of nitrogens with one attached hydrogen (secondary N) is 1. The van der Waals surface area contributed by atoms with Crippen molar-refractivity contribution in [2.45, 2.75) is 38.5 Å². The van der Waals surface area contributed by atoms with Gasteiger partial charge in [0.25, 0.3) is 0 Å². The van der Waals surface area contributed by atoms with Crippen molar-refractivity contribution >= 4 is 0 Å². The molecular formula is C15H25NO4. The van der Waals surface area contributed by atoms with E-state index in [1.807, 2.05) is 12.1 Å². The molecule has 1 fully saturated rings. The Morgan fingerprint density at radius 3 is 2.70 bits per heavy atom. The number of methoxy groups -OCH3 is 1. The van der Waals surface area contributed by atoms with Gasteiger partial charge in [-0.1, -0.05) is 0 Å². The highest BCUT2D eigenvalue weighted by Gasteiger charge is 2.20. The zero-order valence-corrected chi connectivity index (χ0v) is 12.2. The summed E-state index contributed by atoms with van der Waals surface area (Å²) in [5, 5.41) is 3.42. The Balaban J connectivity index is 1.46. The summed E-state index contributed by atoms with van der Waals surface area (Å²) < 4.78 is 21.5. The highest BCUT2D eigenvalue weighted by atomic mass is 16.5. The third-order valence-electron chi connectivity index (χ3n) is 3.11. The molecule has 0 aliphatic heterocycles. The maximum Gasteiger partial charge on any atom is 0.129 e. The lowest BCUT2D eigenvalue weighted by atomic mass is 10.4. The van der Waals surface area contributed by atoms with Crippen molar-refractivity contribution in [1.82, 2.24) is 5.32 Å². The van der Waals surface area contributed by atoms with Crippen LogP contribution < -0.4 is 5.32 Å². The number of ether oxygens (including phenoxy) is 3. The first-order chi connectivity index (χ1) is 9.88. The summed E-state index contributed by atoms with van der Waals surface area (Å²) in [5.41, 5.74) is 0. The minimum Gasteiger partial charge on any atom is -0.462 e. The zero-order chi connectivity index (χ0) is 14.0. The van der Waals surface area contributed by atoms with E-state index in [9.17, 15) is 0 Å². The Bertz CT molecular complexity index is 363. The first-order valence-corrected chi connectivity index (χ1v) is 7.34. The average molecular weight is 283 g/mol. The van der Waals surface area contributed by atoms with E-state index in [0.717, 1.165) is 37.7 Å². The summed E-state index contributed by atoms with van der Waals surface area (Å²) in [6.07, 6.45) is 3.51. The van der Waals surface area contributed by atoms with Crippen molar-refractivity contribution in [2.24, 2.45) is 0 Å². The SMILES string of the molecule is COCCCOCCOCc1ccc(CNC2CC2)o1. The number of hydrogen-bond acceptors (Lipinski definition) is 5. The molecule has 5 heteroatoms. The van der Waals surface area contributed by atoms with Crippen LogP contribution in [0.25, 0.3) is 0 Å². The first-order valence-electron chi connectivity index (χ1n) is 7.34. The Morgan fingerprint density at radius 2 is 1.90 bits per heavy atom. The van der Waals surface area contributed by atoms with Crippen LogP contribution in [-0.2, 0) is 27.4 Å². The monoisotopic (exact) mass is 283 g/mol. The van der Waals surface area contributed by atoms with Crippen LogP contribution in [0.2, 0.25) is 0 Å². The fourth-order valence-corrected chi connectivity index (χ4v) is 1.83. The van der Waals surface area contributed by atoms with E-state index in [-0.39, 0.29) is 0 Å². The lowest BCUT2D eigenvalue weighted by Gasteiger charge is -2.04. The van der Waals surface area contributed by atoms with E-state index >= 15 is 0 Å². The fourth-order valence-electron chi connectivity index (χ4n) is 1.83. The quantitative estimate of drug-likeness (QED) is 0.595. The first kappa shape index (κ1) is 15.5. The van der Waals surface area contributed by atoms with Gasteiger partial charge in [0.2, 0.25) is 0 Å². The third kappa shape index (κ3) is 6.52. The van der Waals surface area contributed by atoms with Crippen LogP contribution in [0.1, 0.15) is 30.8 Å². The van der Waals surface area contributed by atoms with E-state index in [1.54, 1.807) is 7.11 Å². The fraction of sp³-hybridized carbons (Fsp3) is 0.733. The molecule has 0 atom stereocenters. The van der Waals surface area contributed by atoms with Gasteiger partial charge in [0.05, 0.1) is 19.8 Å². The van der Waals surface area contributed by atoms with Crippen molar-refractivity contribution in [1.29, 1.82) is 0 Å². The van der Waals surface area contributed by atoms with Gasteiger partial charge in [0, 0.05) is 26.4 Å². The predicted molar refractivity (Wildman–Crippen MR) is 75.5 cm³/mol.